The first kappa shape index (κ1) is 20.3. The van der Waals surface area contributed by atoms with Gasteiger partial charge in [0.25, 0.3) is 10.0 Å². The van der Waals surface area contributed by atoms with Crippen molar-refractivity contribution in [3.05, 3.63) is 40.3 Å². The fraction of sp³-hybridized carbons (Fsp3) is 0.312. The summed E-state index contributed by atoms with van der Waals surface area (Å²) in [6, 6.07) is 5.82. The highest BCUT2D eigenvalue weighted by atomic mass is 79.9. The normalized spacial score (nSPS) is 11.2. The van der Waals surface area contributed by atoms with E-state index in [1.807, 2.05) is 6.92 Å². The lowest BCUT2D eigenvalue weighted by molar-refractivity contribution is -0.114. The number of amides is 1. The molecule has 2 rings (SSSR count). The third-order valence-electron chi connectivity index (χ3n) is 3.21. The van der Waals surface area contributed by atoms with Gasteiger partial charge in [0.1, 0.15) is 6.61 Å². The molecule has 0 aliphatic carbocycles. The molecule has 1 heterocycles. The van der Waals surface area contributed by atoms with Gasteiger partial charge >= 0.3 is 0 Å². The van der Waals surface area contributed by atoms with Gasteiger partial charge in [0.2, 0.25) is 5.91 Å². The number of halogens is 1. The lowest BCUT2D eigenvalue weighted by atomic mass is 10.3. The van der Waals surface area contributed by atoms with Gasteiger partial charge in [0.15, 0.2) is 11.6 Å². The third-order valence-corrected chi connectivity index (χ3v) is 5.52. The van der Waals surface area contributed by atoms with Crippen molar-refractivity contribution in [2.24, 2.45) is 0 Å². The molecule has 0 radical (unpaired) electrons. The first-order valence-corrected chi connectivity index (χ1v) is 10.0. The molecule has 1 amide bonds. The average molecular weight is 443 g/mol. The Morgan fingerprint density at radius 2 is 1.88 bits per heavy atom. The number of aromatic nitrogens is 2. The lowest BCUT2D eigenvalue weighted by Gasteiger charge is -2.12. The van der Waals surface area contributed by atoms with E-state index in [0.717, 1.165) is 0 Å². The maximum atomic E-state index is 12.6. The van der Waals surface area contributed by atoms with Gasteiger partial charge in [-0.15, -0.1) is 0 Å². The van der Waals surface area contributed by atoms with E-state index >= 15 is 0 Å². The molecule has 10 heteroatoms. The van der Waals surface area contributed by atoms with Crippen LogP contribution in [0.25, 0.3) is 0 Å². The Hall–Kier alpha value is -2.04. The summed E-state index contributed by atoms with van der Waals surface area (Å²) in [7, 11) is -3.86. The van der Waals surface area contributed by atoms with E-state index < -0.39 is 10.0 Å². The van der Waals surface area contributed by atoms with E-state index in [4.69, 9.17) is 4.74 Å². The predicted octanol–water partition coefficient (Wildman–Crippen LogP) is 2.84. The van der Waals surface area contributed by atoms with E-state index in [2.05, 4.69) is 35.9 Å². The molecule has 8 nitrogen and oxygen atoms in total. The lowest BCUT2D eigenvalue weighted by Crippen LogP contribution is -2.16. The summed E-state index contributed by atoms with van der Waals surface area (Å²) >= 11 is 3.31. The number of anilines is 2. The Balaban J connectivity index is 2.28. The fourth-order valence-corrected chi connectivity index (χ4v) is 3.47. The topological polar surface area (TPSA) is 110 Å². The van der Waals surface area contributed by atoms with Crippen molar-refractivity contribution in [3.8, 4) is 0 Å². The van der Waals surface area contributed by atoms with Gasteiger partial charge in [0, 0.05) is 19.2 Å². The van der Waals surface area contributed by atoms with Crippen LogP contribution in [0.2, 0.25) is 0 Å². The summed E-state index contributed by atoms with van der Waals surface area (Å²) in [5, 5.41) is 2.58. The van der Waals surface area contributed by atoms with Crippen LogP contribution in [0.15, 0.2) is 33.6 Å². The van der Waals surface area contributed by atoms with E-state index in [0.29, 0.717) is 28.3 Å². The zero-order valence-electron chi connectivity index (χ0n) is 14.5. The number of hydrogen-bond donors (Lipinski definition) is 2. The number of carbonyl (C=O) groups excluding carboxylic acids is 1. The van der Waals surface area contributed by atoms with Crippen molar-refractivity contribution in [1.82, 2.24) is 9.97 Å². The molecular formula is C16H19BrN4O4S. The number of nitrogens with one attached hydrogen (secondary N) is 2. The minimum Gasteiger partial charge on any atom is -0.374 e. The first-order valence-electron chi connectivity index (χ1n) is 7.74. The summed E-state index contributed by atoms with van der Waals surface area (Å²) in [6.07, 6.45) is 0. The van der Waals surface area contributed by atoms with Crippen LogP contribution >= 0.6 is 15.9 Å². The Morgan fingerprint density at radius 1 is 1.23 bits per heavy atom. The number of nitrogens with zero attached hydrogens (tertiary/aromatic N) is 2. The van der Waals surface area contributed by atoms with Crippen LogP contribution < -0.4 is 10.0 Å². The number of carbonyl (C=O) groups is 1. The molecule has 140 valence electrons. The number of rotatable bonds is 7. The molecule has 2 aromatic rings. The largest absolute Gasteiger partial charge is 0.374 e. The van der Waals surface area contributed by atoms with Crippen LogP contribution in [-0.2, 0) is 26.2 Å². The number of hydrogen-bond acceptors (Lipinski definition) is 6. The van der Waals surface area contributed by atoms with Crippen LogP contribution in [0.4, 0.5) is 11.5 Å². The molecule has 0 bridgehead atoms. The van der Waals surface area contributed by atoms with Gasteiger partial charge in [-0.2, -0.15) is 0 Å². The zero-order valence-corrected chi connectivity index (χ0v) is 16.9. The molecule has 1 aromatic carbocycles. The Bertz CT molecular complexity index is 901. The fourth-order valence-electron chi connectivity index (χ4n) is 2.05. The van der Waals surface area contributed by atoms with Crippen LogP contribution in [0, 0.1) is 6.92 Å². The van der Waals surface area contributed by atoms with Gasteiger partial charge in [-0.25, -0.2) is 18.4 Å². The van der Waals surface area contributed by atoms with Gasteiger partial charge in [-0.3, -0.25) is 9.52 Å². The van der Waals surface area contributed by atoms with E-state index in [9.17, 15) is 13.2 Å². The molecule has 1 aromatic heterocycles. The molecular weight excluding hydrogens is 424 g/mol. The van der Waals surface area contributed by atoms with Crippen molar-refractivity contribution in [2.75, 3.05) is 16.6 Å². The van der Waals surface area contributed by atoms with Crippen molar-refractivity contribution in [1.29, 1.82) is 0 Å². The Morgan fingerprint density at radius 3 is 2.46 bits per heavy atom. The summed E-state index contributed by atoms with van der Waals surface area (Å²) in [6.45, 7) is 5.65. The number of ether oxygens (including phenoxy) is 1. The van der Waals surface area contributed by atoms with Crippen LogP contribution in [-0.4, -0.2) is 30.9 Å². The second kappa shape index (κ2) is 8.56. The minimum absolute atomic E-state index is 0.0427. The van der Waals surface area contributed by atoms with Crippen LogP contribution in [0.1, 0.15) is 25.4 Å². The van der Waals surface area contributed by atoms with E-state index in [1.165, 1.54) is 31.2 Å². The maximum absolute atomic E-state index is 12.6. The molecule has 0 aliphatic heterocycles. The van der Waals surface area contributed by atoms with Crippen LogP contribution in [0.5, 0.6) is 0 Å². The Kier molecular flexibility index (Phi) is 6.68. The second-order valence-corrected chi connectivity index (χ2v) is 7.81. The SMILES string of the molecule is CCOCc1nc(C)c(Br)c(NS(=O)(=O)c2ccc(NC(C)=O)cc2)n1. The molecule has 26 heavy (non-hydrogen) atoms. The van der Waals surface area contributed by atoms with Crippen molar-refractivity contribution in [3.63, 3.8) is 0 Å². The van der Waals surface area contributed by atoms with Crippen LogP contribution in [0.3, 0.4) is 0 Å². The van der Waals surface area contributed by atoms with Crippen molar-refractivity contribution in [2.45, 2.75) is 32.3 Å². The van der Waals surface area contributed by atoms with E-state index in [1.54, 1.807) is 6.92 Å². The molecule has 0 atom stereocenters. The van der Waals surface area contributed by atoms with Gasteiger partial charge < -0.3 is 10.1 Å². The quantitative estimate of drug-likeness (QED) is 0.681. The molecule has 0 saturated carbocycles. The van der Waals surface area contributed by atoms with Gasteiger partial charge in [0.05, 0.1) is 15.1 Å². The van der Waals surface area contributed by atoms with Crippen molar-refractivity contribution < 1.29 is 17.9 Å². The minimum atomic E-state index is -3.86. The molecule has 0 saturated heterocycles. The predicted molar refractivity (Wildman–Crippen MR) is 101 cm³/mol. The Labute approximate surface area is 160 Å². The smallest absolute Gasteiger partial charge is 0.263 e. The monoisotopic (exact) mass is 442 g/mol. The van der Waals surface area contributed by atoms with Gasteiger partial charge in [-0.1, -0.05) is 0 Å². The molecule has 0 fully saturated rings. The standard InChI is InChI=1S/C16H19BrN4O4S/c1-4-25-9-14-18-10(2)15(17)16(20-14)21-26(23,24)13-7-5-12(6-8-13)19-11(3)22/h5-8H,4,9H2,1-3H3,(H,19,22)(H,18,20,21). The maximum Gasteiger partial charge on any atom is 0.263 e. The number of benzene rings is 1. The molecule has 0 unspecified atom stereocenters. The molecule has 0 spiro atoms. The highest BCUT2D eigenvalue weighted by Gasteiger charge is 2.19. The zero-order chi connectivity index (χ0) is 19.3. The average Bonchev–Trinajstić information content (AvgIpc) is 2.57. The first-order chi connectivity index (χ1) is 12.2. The van der Waals surface area contributed by atoms with Gasteiger partial charge in [-0.05, 0) is 54.0 Å². The summed E-state index contributed by atoms with van der Waals surface area (Å²) in [5.74, 6) is 0.283. The summed E-state index contributed by atoms with van der Waals surface area (Å²) in [4.78, 5) is 19.5. The highest BCUT2D eigenvalue weighted by molar-refractivity contribution is 9.10. The number of aryl methyl sites for hydroxylation is 1. The number of sulfonamides is 1. The molecule has 0 aliphatic rings. The third kappa shape index (κ3) is 5.23. The summed E-state index contributed by atoms with van der Waals surface area (Å²) < 4.78 is 33.4. The second-order valence-electron chi connectivity index (χ2n) is 5.34. The summed E-state index contributed by atoms with van der Waals surface area (Å²) in [5.41, 5.74) is 1.10. The molecule has 2 N–H and O–H groups in total. The highest BCUT2D eigenvalue weighted by Crippen LogP contribution is 2.26. The van der Waals surface area contributed by atoms with Crippen molar-refractivity contribution >= 4 is 43.4 Å². The van der Waals surface area contributed by atoms with E-state index in [-0.39, 0.29) is 23.2 Å².